The molecule has 1 unspecified atom stereocenters. The van der Waals surface area contributed by atoms with Gasteiger partial charge >= 0.3 is 0 Å². The van der Waals surface area contributed by atoms with Crippen LogP contribution in [0.25, 0.3) is 0 Å². The molecule has 0 aromatic rings. The summed E-state index contributed by atoms with van der Waals surface area (Å²) in [6, 6.07) is 0.216. The van der Waals surface area contributed by atoms with Gasteiger partial charge in [0.2, 0.25) is 0 Å². The molecule has 4 heteroatoms. The Hall–Kier alpha value is -0.160. The van der Waals surface area contributed by atoms with Gasteiger partial charge < -0.3 is 5.32 Å². The second-order valence-electron chi connectivity index (χ2n) is 5.46. The Bertz CT molecular complexity index is 187. The lowest BCUT2D eigenvalue weighted by Gasteiger charge is -2.38. The third-order valence-electron chi connectivity index (χ3n) is 3.56. The molecule has 0 radical (unpaired) electrons. The van der Waals surface area contributed by atoms with E-state index in [0.29, 0.717) is 0 Å². The predicted molar refractivity (Wildman–Crippen MR) is 85.1 cm³/mol. The molecular formula is C15H36N4. The lowest BCUT2D eigenvalue weighted by atomic mass is 10.1. The monoisotopic (exact) mass is 272 g/mol. The van der Waals surface area contributed by atoms with Crippen LogP contribution in [0.4, 0.5) is 0 Å². The first-order valence-corrected chi connectivity index (χ1v) is 8.13. The molecule has 0 spiro atoms. The molecule has 19 heavy (non-hydrogen) atoms. The summed E-state index contributed by atoms with van der Waals surface area (Å²) in [5, 5.41) is 10.5. The predicted octanol–water partition coefficient (Wildman–Crippen LogP) is 2.16. The summed E-state index contributed by atoms with van der Waals surface area (Å²) >= 11 is 0. The highest BCUT2D eigenvalue weighted by Crippen LogP contribution is 2.02. The van der Waals surface area contributed by atoms with Gasteiger partial charge in [-0.1, -0.05) is 40.0 Å². The van der Waals surface area contributed by atoms with Gasteiger partial charge in [0, 0.05) is 6.04 Å². The molecule has 4 nitrogen and oxygen atoms in total. The highest BCUT2D eigenvalue weighted by Gasteiger charge is 2.29. The maximum absolute atomic E-state index is 6.52. The standard InChI is InChI=1S/C15H36N4/c1-5-8-11-17-14(4)15(16,18-12-9-6-2)19-13-10-7-3/h14,17-19H,5-13,16H2,1-4H3. The zero-order valence-electron chi connectivity index (χ0n) is 13.5. The fourth-order valence-electron chi connectivity index (χ4n) is 1.97. The van der Waals surface area contributed by atoms with Crippen molar-refractivity contribution < 1.29 is 0 Å². The summed E-state index contributed by atoms with van der Waals surface area (Å²) in [4.78, 5) is 0. The molecule has 0 bridgehead atoms. The molecular weight excluding hydrogens is 236 g/mol. The highest BCUT2D eigenvalue weighted by molar-refractivity contribution is 4.89. The molecule has 5 N–H and O–H groups in total. The molecule has 0 aliphatic heterocycles. The lowest BCUT2D eigenvalue weighted by molar-refractivity contribution is 0.195. The van der Waals surface area contributed by atoms with Gasteiger partial charge in [-0.25, -0.2) is 0 Å². The second-order valence-corrected chi connectivity index (χ2v) is 5.46. The SMILES string of the molecule is CCCCNC(C)C(N)(NCCCC)NCCCC. The molecule has 0 amide bonds. The maximum Gasteiger partial charge on any atom is 0.136 e. The molecule has 1 atom stereocenters. The maximum atomic E-state index is 6.52. The van der Waals surface area contributed by atoms with Gasteiger partial charge in [-0.3, -0.25) is 16.4 Å². The van der Waals surface area contributed by atoms with Crippen LogP contribution in [0.15, 0.2) is 0 Å². The Morgan fingerprint density at radius 2 is 1.26 bits per heavy atom. The Balaban J connectivity index is 4.26. The van der Waals surface area contributed by atoms with Gasteiger partial charge in [0.25, 0.3) is 0 Å². The topological polar surface area (TPSA) is 62.1 Å². The van der Waals surface area contributed by atoms with E-state index in [0.717, 1.165) is 32.5 Å². The molecule has 0 saturated heterocycles. The van der Waals surface area contributed by atoms with E-state index in [2.05, 4.69) is 43.6 Å². The normalized spacial score (nSPS) is 13.7. The van der Waals surface area contributed by atoms with Gasteiger partial charge in [-0.2, -0.15) is 0 Å². The van der Waals surface area contributed by atoms with Crippen LogP contribution < -0.4 is 21.7 Å². The van der Waals surface area contributed by atoms with Crippen molar-refractivity contribution in [2.24, 2.45) is 5.73 Å². The van der Waals surface area contributed by atoms with Crippen LogP contribution in [0.5, 0.6) is 0 Å². The first-order valence-electron chi connectivity index (χ1n) is 8.13. The number of hydrogen-bond donors (Lipinski definition) is 4. The average molecular weight is 272 g/mol. The third-order valence-corrected chi connectivity index (χ3v) is 3.56. The van der Waals surface area contributed by atoms with E-state index in [-0.39, 0.29) is 6.04 Å². The Labute approximate surface area is 120 Å². The summed E-state index contributed by atoms with van der Waals surface area (Å²) in [6.07, 6.45) is 7.12. The molecule has 0 rings (SSSR count). The fourth-order valence-corrected chi connectivity index (χ4v) is 1.97. The second kappa shape index (κ2) is 11.6. The summed E-state index contributed by atoms with van der Waals surface area (Å²) in [5.74, 6) is -0.502. The van der Waals surface area contributed by atoms with Crippen LogP contribution in [0, 0.1) is 0 Å². The van der Waals surface area contributed by atoms with Gasteiger partial charge in [-0.05, 0) is 45.8 Å². The lowest BCUT2D eigenvalue weighted by Crippen LogP contribution is -2.73. The number of rotatable bonds is 13. The van der Waals surface area contributed by atoms with E-state index in [1.54, 1.807) is 0 Å². The van der Waals surface area contributed by atoms with Crippen molar-refractivity contribution in [3.05, 3.63) is 0 Å². The first-order chi connectivity index (χ1) is 9.10. The van der Waals surface area contributed by atoms with Gasteiger partial charge in [0.15, 0.2) is 0 Å². The molecule has 0 saturated carbocycles. The highest BCUT2D eigenvalue weighted by atomic mass is 15.3. The average Bonchev–Trinajstić information content (AvgIpc) is 2.39. The van der Waals surface area contributed by atoms with E-state index in [1.807, 2.05) is 0 Å². The van der Waals surface area contributed by atoms with Crippen LogP contribution in [-0.2, 0) is 0 Å². The minimum Gasteiger partial charge on any atom is -0.310 e. The van der Waals surface area contributed by atoms with Gasteiger partial charge in [0.1, 0.15) is 5.79 Å². The van der Waals surface area contributed by atoms with Crippen LogP contribution >= 0.6 is 0 Å². The van der Waals surface area contributed by atoms with Crippen molar-refractivity contribution in [3.8, 4) is 0 Å². The van der Waals surface area contributed by atoms with Crippen molar-refractivity contribution in [1.29, 1.82) is 0 Å². The van der Waals surface area contributed by atoms with E-state index in [4.69, 9.17) is 5.73 Å². The molecule has 0 aromatic heterocycles. The van der Waals surface area contributed by atoms with E-state index in [1.165, 1.54) is 25.7 Å². The van der Waals surface area contributed by atoms with Crippen molar-refractivity contribution in [2.75, 3.05) is 19.6 Å². The van der Waals surface area contributed by atoms with Crippen LogP contribution in [0.1, 0.15) is 66.2 Å². The summed E-state index contributed by atoms with van der Waals surface area (Å²) < 4.78 is 0. The fraction of sp³-hybridized carbons (Fsp3) is 1.00. The van der Waals surface area contributed by atoms with Gasteiger partial charge in [0.05, 0.1) is 0 Å². The zero-order chi connectivity index (χ0) is 14.6. The van der Waals surface area contributed by atoms with Crippen molar-refractivity contribution in [2.45, 2.75) is 78.0 Å². The molecule has 0 aliphatic carbocycles. The summed E-state index contributed by atoms with van der Waals surface area (Å²) in [5.41, 5.74) is 6.52. The van der Waals surface area contributed by atoms with Crippen LogP contribution in [-0.4, -0.2) is 31.5 Å². The largest absolute Gasteiger partial charge is 0.310 e. The third kappa shape index (κ3) is 8.58. The molecule has 0 fully saturated rings. The first kappa shape index (κ1) is 18.8. The molecule has 0 aliphatic rings. The van der Waals surface area contributed by atoms with Crippen molar-refractivity contribution >= 4 is 0 Å². The Kier molecular flexibility index (Phi) is 11.6. The summed E-state index contributed by atoms with van der Waals surface area (Å²) in [6.45, 7) is 11.7. The zero-order valence-corrected chi connectivity index (χ0v) is 13.5. The van der Waals surface area contributed by atoms with Gasteiger partial charge in [-0.15, -0.1) is 0 Å². The Morgan fingerprint density at radius 1 is 0.842 bits per heavy atom. The van der Waals surface area contributed by atoms with Crippen LogP contribution in [0.2, 0.25) is 0 Å². The molecule has 116 valence electrons. The quantitative estimate of drug-likeness (QED) is 0.306. The van der Waals surface area contributed by atoms with E-state index in [9.17, 15) is 0 Å². The van der Waals surface area contributed by atoms with Crippen molar-refractivity contribution in [1.82, 2.24) is 16.0 Å². The smallest absolute Gasteiger partial charge is 0.136 e. The number of unbranched alkanes of at least 4 members (excludes halogenated alkanes) is 3. The van der Waals surface area contributed by atoms with Crippen LogP contribution in [0.3, 0.4) is 0 Å². The molecule has 0 aromatic carbocycles. The van der Waals surface area contributed by atoms with Crippen molar-refractivity contribution in [3.63, 3.8) is 0 Å². The Morgan fingerprint density at radius 3 is 1.68 bits per heavy atom. The minimum atomic E-state index is -0.502. The molecule has 0 heterocycles. The summed E-state index contributed by atoms with van der Waals surface area (Å²) in [7, 11) is 0. The van der Waals surface area contributed by atoms with E-state index < -0.39 is 5.79 Å². The number of hydrogen-bond acceptors (Lipinski definition) is 4. The number of nitrogens with one attached hydrogen (secondary N) is 3. The minimum absolute atomic E-state index is 0.216. The number of nitrogens with two attached hydrogens (primary N) is 1. The van der Waals surface area contributed by atoms with E-state index >= 15 is 0 Å².